The van der Waals surface area contributed by atoms with Gasteiger partial charge in [0.15, 0.2) is 0 Å². The van der Waals surface area contributed by atoms with E-state index in [1.54, 1.807) is 17.4 Å². The van der Waals surface area contributed by atoms with Crippen LogP contribution in [0.1, 0.15) is 25.3 Å². The number of hydrogen-bond acceptors (Lipinski definition) is 3. The first kappa shape index (κ1) is 11.5. The van der Waals surface area contributed by atoms with Crippen molar-refractivity contribution in [3.63, 3.8) is 0 Å². The van der Waals surface area contributed by atoms with Crippen LogP contribution < -0.4 is 5.73 Å². The van der Waals surface area contributed by atoms with Crippen LogP contribution in [-0.2, 0) is 6.42 Å². The third-order valence-electron chi connectivity index (χ3n) is 2.38. The molecule has 2 N–H and O–H groups in total. The zero-order valence-electron chi connectivity index (χ0n) is 9.46. The van der Waals surface area contributed by atoms with Crippen molar-refractivity contribution >= 4 is 21.6 Å². The molecule has 2 aromatic rings. The topological polar surface area (TPSA) is 38.9 Å². The van der Waals surface area contributed by atoms with Crippen LogP contribution in [0.5, 0.6) is 0 Å². The maximum absolute atomic E-state index is 13.0. The van der Waals surface area contributed by atoms with Crippen LogP contribution in [0.15, 0.2) is 18.2 Å². The predicted octanol–water partition coefficient (Wildman–Crippen LogP) is 3.11. The van der Waals surface area contributed by atoms with Gasteiger partial charge in [0, 0.05) is 18.0 Å². The van der Waals surface area contributed by atoms with E-state index < -0.39 is 0 Å². The van der Waals surface area contributed by atoms with Crippen LogP contribution in [0.25, 0.3) is 10.2 Å². The van der Waals surface area contributed by atoms with E-state index in [2.05, 4.69) is 4.98 Å². The van der Waals surface area contributed by atoms with E-state index in [0.29, 0.717) is 0 Å². The molecule has 0 fully saturated rings. The van der Waals surface area contributed by atoms with Gasteiger partial charge in [0.1, 0.15) is 5.82 Å². The molecule has 0 aliphatic rings. The highest BCUT2D eigenvalue weighted by atomic mass is 32.1. The molecule has 4 heteroatoms. The maximum atomic E-state index is 13.0. The highest BCUT2D eigenvalue weighted by Crippen LogP contribution is 2.24. The molecular formula is C12H15FN2S. The largest absolute Gasteiger partial charge is 0.326 e. The Kier molecular flexibility index (Phi) is 2.95. The Hall–Kier alpha value is -1.00. The number of thiazole rings is 1. The molecule has 0 radical (unpaired) electrons. The number of fused-ring (bicyclic) bond motifs is 1. The van der Waals surface area contributed by atoms with Crippen molar-refractivity contribution in [2.75, 3.05) is 0 Å². The highest BCUT2D eigenvalue weighted by Gasteiger charge is 2.12. The summed E-state index contributed by atoms with van der Waals surface area (Å²) in [5, 5.41) is 1.03. The van der Waals surface area contributed by atoms with Crippen molar-refractivity contribution in [3.8, 4) is 0 Å². The fourth-order valence-electron chi connectivity index (χ4n) is 1.48. The van der Waals surface area contributed by atoms with E-state index >= 15 is 0 Å². The van der Waals surface area contributed by atoms with Gasteiger partial charge in [-0.3, -0.25) is 0 Å². The summed E-state index contributed by atoms with van der Waals surface area (Å²) in [7, 11) is 0. The summed E-state index contributed by atoms with van der Waals surface area (Å²) in [4.78, 5) is 4.40. The second-order valence-electron chi connectivity index (χ2n) is 4.71. The number of hydrogen-bond donors (Lipinski definition) is 1. The Labute approximate surface area is 98.3 Å². The van der Waals surface area contributed by atoms with Gasteiger partial charge in [-0.2, -0.15) is 0 Å². The van der Waals surface area contributed by atoms with Crippen LogP contribution in [0.4, 0.5) is 4.39 Å². The molecule has 0 aliphatic carbocycles. The van der Waals surface area contributed by atoms with Crippen molar-refractivity contribution in [1.29, 1.82) is 0 Å². The second kappa shape index (κ2) is 4.11. The third kappa shape index (κ3) is 2.77. The van der Waals surface area contributed by atoms with E-state index in [0.717, 1.165) is 28.1 Å². The van der Waals surface area contributed by atoms with Gasteiger partial charge in [0.2, 0.25) is 0 Å². The number of nitrogens with two attached hydrogens (primary N) is 1. The van der Waals surface area contributed by atoms with Crippen molar-refractivity contribution < 1.29 is 4.39 Å². The SMILES string of the molecule is CC(C)(N)CCc1nc2cc(F)ccc2s1. The number of aromatic nitrogens is 1. The molecule has 0 atom stereocenters. The standard InChI is InChI=1S/C12H15FN2S/c1-12(2,14)6-5-11-15-9-7-8(13)3-4-10(9)16-11/h3-4,7H,5-6,14H2,1-2H3. The lowest BCUT2D eigenvalue weighted by molar-refractivity contribution is 0.476. The van der Waals surface area contributed by atoms with Gasteiger partial charge >= 0.3 is 0 Å². The van der Waals surface area contributed by atoms with Gasteiger partial charge in [0.25, 0.3) is 0 Å². The molecule has 1 heterocycles. The number of rotatable bonds is 3. The minimum absolute atomic E-state index is 0.177. The minimum atomic E-state index is -0.233. The van der Waals surface area contributed by atoms with Crippen molar-refractivity contribution in [1.82, 2.24) is 4.98 Å². The molecule has 2 nitrogen and oxygen atoms in total. The summed E-state index contributed by atoms with van der Waals surface area (Å²) in [5.74, 6) is -0.233. The summed E-state index contributed by atoms with van der Waals surface area (Å²) >= 11 is 1.61. The third-order valence-corrected chi connectivity index (χ3v) is 3.47. The molecule has 0 amide bonds. The molecule has 0 aliphatic heterocycles. The fraction of sp³-hybridized carbons (Fsp3) is 0.417. The quantitative estimate of drug-likeness (QED) is 0.892. The average Bonchev–Trinajstić information content (AvgIpc) is 2.55. The van der Waals surface area contributed by atoms with Crippen molar-refractivity contribution in [3.05, 3.63) is 29.0 Å². The first-order valence-electron chi connectivity index (χ1n) is 5.28. The molecular weight excluding hydrogens is 223 g/mol. The Balaban J connectivity index is 2.20. The summed E-state index contributed by atoms with van der Waals surface area (Å²) in [5.41, 5.74) is 6.49. The second-order valence-corrected chi connectivity index (χ2v) is 5.82. The van der Waals surface area contributed by atoms with Gasteiger partial charge in [-0.15, -0.1) is 11.3 Å². The molecule has 2 rings (SSSR count). The molecule has 86 valence electrons. The number of aryl methyl sites for hydroxylation is 1. The van der Waals surface area contributed by atoms with Crippen molar-refractivity contribution in [2.45, 2.75) is 32.2 Å². The van der Waals surface area contributed by atoms with Crippen LogP contribution in [0.2, 0.25) is 0 Å². The zero-order chi connectivity index (χ0) is 11.8. The number of nitrogens with zero attached hydrogens (tertiary/aromatic N) is 1. The Morgan fingerprint density at radius 1 is 1.44 bits per heavy atom. The molecule has 0 unspecified atom stereocenters. The highest BCUT2D eigenvalue weighted by molar-refractivity contribution is 7.18. The normalized spacial score (nSPS) is 12.2. The summed E-state index contributed by atoms with van der Waals surface area (Å²) in [6.45, 7) is 4.00. The first-order chi connectivity index (χ1) is 7.44. The molecule has 1 aromatic carbocycles. The fourth-order valence-corrected chi connectivity index (χ4v) is 2.43. The van der Waals surface area contributed by atoms with E-state index in [1.165, 1.54) is 12.1 Å². The Morgan fingerprint density at radius 3 is 2.88 bits per heavy atom. The van der Waals surface area contributed by atoms with E-state index in [9.17, 15) is 4.39 Å². The van der Waals surface area contributed by atoms with Crippen LogP contribution in [-0.4, -0.2) is 10.5 Å². The molecule has 0 spiro atoms. The molecule has 0 saturated heterocycles. The predicted molar refractivity (Wildman–Crippen MR) is 66.2 cm³/mol. The lowest BCUT2D eigenvalue weighted by Gasteiger charge is -2.16. The van der Waals surface area contributed by atoms with Crippen LogP contribution in [0.3, 0.4) is 0 Å². The van der Waals surface area contributed by atoms with Gasteiger partial charge in [-0.1, -0.05) is 0 Å². The van der Waals surface area contributed by atoms with E-state index in [4.69, 9.17) is 5.73 Å². The summed E-state index contributed by atoms with van der Waals surface area (Å²) in [6.07, 6.45) is 1.74. The van der Waals surface area contributed by atoms with Gasteiger partial charge in [-0.25, -0.2) is 9.37 Å². The van der Waals surface area contributed by atoms with Gasteiger partial charge in [-0.05, 0) is 32.4 Å². The summed E-state index contributed by atoms with van der Waals surface area (Å²) < 4.78 is 14.0. The molecule has 16 heavy (non-hydrogen) atoms. The lowest BCUT2D eigenvalue weighted by atomic mass is 10.0. The average molecular weight is 238 g/mol. The first-order valence-corrected chi connectivity index (χ1v) is 6.09. The monoisotopic (exact) mass is 238 g/mol. The molecule has 1 aromatic heterocycles. The van der Waals surface area contributed by atoms with E-state index in [1.807, 2.05) is 13.8 Å². The van der Waals surface area contributed by atoms with Gasteiger partial charge in [0.05, 0.1) is 15.2 Å². The zero-order valence-corrected chi connectivity index (χ0v) is 10.3. The van der Waals surface area contributed by atoms with Crippen LogP contribution in [0, 0.1) is 5.82 Å². The van der Waals surface area contributed by atoms with Gasteiger partial charge < -0.3 is 5.73 Å². The van der Waals surface area contributed by atoms with E-state index in [-0.39, 0.29) is 11.4 Å². The molecule has 0 saturated carbocycles. The number of benzene rings is 1. The van der Waals surface area contributed by atoms with Crippen LogP contribution >= 0.6 is 11.3 Å². The summed E-state index contributed by atoms with van der Waals surface area (Å²) in [6, 6.07) is 4.72. The number of halogens is 1. The Bertz CT molecular complexity index is 499. The lowest BCUT2D eigenvalue weighted by Crippen LogP contribution is -2.32. The minimum Gasteiger partial charge on any atom is -0.326 e. The smallest absolute Gasteiger partial charge is 0.125 e. The maximum Gasteiger partial charge on any atom is 0.125 e. The van der Waals surface area contributed by atoms with Crippen molar-refractivity contribution in [2.24, 2.45) is 5.73 Å². The Morgan fingerprint density at radius 2 is 2.19 bits per heavy atom. The molecule has 0 bridgehead atoms.